The summed E-state index contributed by atoms with van der Waals surface area (Å²) in [6, 6.07) is 0. The Labute approximate surface area is 82.6 Å². The number of nitrogens with two attached hydrogens (primary N) is 1. The zero-order chi connectivity index (χ0) is 11.4. The van der Waals surface area contributed by atoms with E-state index in [0.29, 0.717) is 0 Å². The molecule has 0 aromatic carbocycles. The Balaban J connectivity index is 4.30. The van der Waals surface area contributed by atoms with Crippen molar-refractivity contribution in [1.82, 2.24) is 0 Å². The number of hydrogen-bond donors (Lipinski definition) is 1. The van der Waals surface area contributed by atoms with Gasteiger partial charge in [-0.15, -0.1) is 0 Å². The van der Waals surface area contributed by atoms with E-state index >= 15 is 0 Å². The van der Waals surface area contributed by atoms with E-state index in [9.17, 15) is 13.6 Å². The molecule has 14 heavy (non-hydrogen) atoms. The number of carbonyl (C=O) groups is 1. The van der Waals surface area contributed by atoms with Crippen LogP contribution in [0.4, 0.5) is 8.78 Å². The van der Waals surface area contributed by atoms with Crippen LogP contribution in [-0.4, -0.2) is 24.5 Å². The first kappa shape index (κ1) is 13.3. The summed E-state index contributed by atoms with van der Waals surface area (Å²) in [6.07, 6.45) is -2.76. The fraction of sp³-hybridized carbons (Fsp3) is 0.889. The average Bonchev–Trinajstić information content (AvgIpc) is 1.95. The Bertz CT molecular complexity index is 190. The van der Waals surface area contributed by atoms with Crippen molar-refractivity contribution in [3.63, 3.8) is 0 Å². The maximum Gasteiger partial charge on any atom is 0.315 e. The summed E-state index contributed by atoms with van der Waals surface area (Å²) in [6.45, 7) is 4.95. The van der Waals surface area contributed by atoms with Crippen molar-refractivity contribution in [3.8, 4) is 0 Å². The van der Waals surface area contributed by atoms with Crippen LogP contribution in [0.15, 0.2) is 0 Å². The van der Waals surface area contributed by atoms with E-state index in [4.69, 9.17) is 10.5 Å². The summed E-state index contributed by atoms with van der Waals surface area (Å²) in [4.78, 5) is 11.2. The molecule has 0 radical (unpaired) electrons. The lowest BCUT2D eigenvalue weighted by atomic mass is 10.1. The fourth-order valence-electron chi connectivity index (χ4n) is 0.904. The molecule has 0 aliphatic carbocycles. The highest BCUT2D eigenvalue weighted by molar-refractivity contribution is 5.73. The Hall–Kier alpha value is -0.710. The molecule has 0 heterocycles. The predicted molar refractivity (Wildman–Crippen MR) is 49.0 cm³/mol. The molecular weight excluding hydrogens is 192 g/mol. The van der Waals surface area contributed by atoms with Gasteiger partial charge in [0.25, 0.3) is 6.43 Å². The lowest BCUT2D eigenvalue weighted by molar-refractivity contribution is -0.165. The summed E-state index contributed by atoms with van der Waals surface area (Å²) in [5.74, 6) is -2.28. The van der Waals surface area contributed by atoms with Gasteiger partial charge < -0.3 is 10.5 Å². The summed E-state index contributed by atoms with van der Waals surface area (Å²) in [7, 11) is 0. The SMILES string of the molecule is CC(C)(C)OC(=O)C(CCN)C(F)F. The van der Waals surface area contributed by atoms with E-state index < -0.39 is 23.9 Å². The number of alkyl halides is 2. The smallest absolute Gasteiger partial charge is 0.315 e. The van der Waals surface area contributed by atoms with Crippen LogP contribution in [0.1, 0.15) is 27.2 Å². The van der Waals surface area contributed by atoms with Crippen LogP contribution < -0.4 is 5.73 Å². The molecule has 0 saturated heterocycles. The normalized spacial score (nSPS) is 14.2. The minimum absolute atomic E-state index is 0.0490. The average molecular weight is 209 g/mol. The van der Waals surface area contributed by atoms with Crippen LogP contribution in [-0.2, 0) is 9.53 Å². The maximum absolute atomic E-state index is 12.4. The van der Waals surface area contributed by atoms with Crippen LogP contribution in [0.25, 0.3) is 0 Å². The molecule has 0 aliphatic rings. The molecule has 1 atom stereocenters. The summed E-state index contributed by atoms with van der Waals surface area (Å²) >= 11 is 0. The van der Waals surface area contributed by atoms with E-state index in [0.717, 1.165) is 0 Å². The Kier molecular flexibility index (Phi) is 4.97. The van der Waals surface area contributed by atoms with E-state index in [1.165, 1.54) is 0 Å². The molecule has 2 N–H and O–H groups in total. The van der Waals surface area contributed by atoms with E-state index in [-0.39, 0.29) is 13.0 Å². The number of esters is 1. The standard InChI is InChI=1S/C9H17F2NO2/c1-9(2,3)14-8(13)6(4-5-12)7(10)11/h6-7H,4-5,12H2,1-3H3. The Morgan fingerprint density at radius 2 is 1.93 bits per heavy atom. The predicted octanol–water partition coefficient (Wildman–Crippen LogP) is 1.56. The van der Waals surface area contributed by atoms with Gasteiger partial charge in [0.15, 0.2) is 0 Å². The molecule has 84 valence electrons. The zero-order valence-corrected chi connectivity index (χ0v) is 8.72. The largest absolute Gasteiger partial charge is 0.460 e. The molecule has 0 aromatic heterocycles. The third-order valence-corrected chi connectivity index (χ3v) is 1.49. The second kappa shape index (κ2) is 5.24. The molecule has 3 nitrogen and oxygen atoms in total. The van der Waals surface area contributed by atoms with Crippen molar-refractivity contribution in [1.29, 1.82) is 0 Å². The van der Waals surface area contributed by atoms with Crippen molar-refractivity contribution in [2.45, 2.75) is 39.2 Å². The van der Waals surface area contributed by atoms with Gasteiger partial charge in [-0.1, -0.05) is 0 Å². The molecule has 0 amide bonds. The summed E-state index contributed by atoms with van der Waals surface area (Å²) < 4.78 is 29.6. The highest BCUT2D eigenvalue weighted by Gasteiger charge is 2.31. The minimum atomic E-state index is -2.71. The molecule has 0 bridgehead atoms. The van der Waals surface area contributed by atoms with Gasteiger partial charge in [0.05, 0.1) is 0 Å². The second-order valence-electron chi connectivity index (χ2n) is 4.05. The molecule has 0 rings (SSSR count). The Morgan fingerprint density at radius 1 is 1.43 bits per heavy atom. The van der Waals surface area contributed by atoms with Gasteiger partial charge in [-0.3, -0.25) is 4.79 Å². The quantitative estimate of drug-likeness (QED) is 0.715. The van der Waals surface area contributed by atoms with Gasteiger partial charge in [-0.2, -0.15) is 0 Å². The van der Waals surface area contributed by atoms with Crippen molar-refractivity contribution in [3.05, 3.63) is 0 Å². The van der Waals surface area contributed by atoms with E-state index in [1.807, 2.05) is 0 Å². The topological polar surface area (TPSA) is 52.3 Å². The maximum atomic E-state index is 12.4. The highest BCUT2D eigenvalue weighted by atomic mass is 19.3. The van der Waals surface area contributed by atoms with Gasteiger partial charge in [0.1, 0.15) is 11.5 Å². The highest BCUT2D eigenvalue weighted by Crippen LogP contribution is 2.19. The first-order chi connectivity index (χ1) is 6.28. The third-order valence-electron chi connectivity index (χ3n) is 1.49. The van der Waals surface area contributed by atoms with Crippen LogP contribution in [0, 0.1) is 5.92 Å². The lowest BCUT2D eigenvalue weighted by Gasteiger charge is -2.23. The number of rotatable bonds is 4. The number of ether oxygens (including phenoxy) is 1. The first-order valence-electron chi connectivity index (χ1n) is 4.49. The molecule has 5 heteroatoms. The number of carbonyl (C=O) groups excluding carboxylic acids is 1. The Morgan fingerprint density at radius 3 is 2.21 bits per heavy atom. The third kappa shape index (κ3) is 5.11. The van der Waals surface area contributed by atoms with Gasteiger partial charge in [0.2, 0.25) is 0 Å². The molecule has 0 aliphatic heterocycles. The number of hydrogen-bond acceptors (Lipinski definition) is 3. The van der Waals surface area contributed by atoms with E-state index in [2.05, 4.69) is 0 Å². The van der Waals surface area contributed by atoms with Crippen molar-refractivity contribution >= 4 is 5.97 Å². The fourth-order valence-corrected chi connectivity index (χ4v) is 0.904. The summed E-state index contributed by atoms with van der Waals surface area (Å²) in [5.41, 5.74) is 4.39. The minimum Gasteiger partial charge on any atom is -0.460 e. The van der Waals surface area contributed by atoms with Gasteiger partial charge in [-0.05, 0) is 33.7 Å². The van der Waals surface area contributed by atoms with Crippen LogP contribution in [0.5, 0.6) is 0 Å². The lowest BCUT2D eigenvalue weighted by Crippen LogP contribution is -2.33. The van der Waals surface area contributed by atoms with Crippen LogP contribution in [0.2, 0.25) is 0 Å². The molecule has 0 fully saturated rings. The molecule has 0 saturated carbocycles. The number of halogens is 2. The van der Waals surface area contributed by atoms with Crippen molar-refractivity contribution < 1.29 is 18.3 Å². The second-order valence-corrected chi connectivity index (χ2v) is 4.05. The monoisotopic (exact) mass is 209 g/mol. The summed E-state index contributed by atoms with van der Waals surface area (Å²) in [5, 5.41) is 0. The van der Waals surface area contributed by atoms with Crippen LogP contribution in [0.3, 0.4) is 0 Å². The molecule has 1 unspecified atom stereocenters. The van der Waals surface area contributed by atoms with Gasteiger partial charge >= 0.3 is 5.97 Å². The first-order valence-corrected chi connectivity index (χ1v) is 4.49. The van der Waals surface area contributed by atoms with Gasteiger partial charge in [0, 0.05) is 0 Å². The van der Waals surface area contributed by atoms with Gasteiger partial charge in [-0.25, -0.2) is 8.78 Å². The molecule has 0 spiro atoms. The van der Waals surface area contributed by atoms with Crippen molar-refractivity contribution in [2.75, 3.05) is 6.54 Å². The molecule has 0 aromatic rings. The van der Waals surface area contributed by atoms with E-state index in [1.54, 1.807) is 20.8 Å². The van der Waals surface area contributed by atoms with Crippen molar-refractivity contribution in [2.24, 2.45) is 11.7 Å². The zero-order valence-electron chi connectivity index (χ0n) is 8.72. The van der Waals surface area contributed by atoms with Crippen LogP contribution >= 0.6 is 0 Å². The molecular formula is C9H17F2NO2.